The Morgan fingerprint density at radius 1 is 1.32 bits per heavy atom. The molecular formula is C17H19Cl2NOS. The highest BCUT2D eigenvalue weighted by atomic mass is 35.5. The van der Waals surface area contributed by atoms with Gasteiger partial charge in [0.1, 0.15) is 7.11 Å². The van der Waals surface area contributed by atoms with Crippen LogP contribution >= 0.6 is 35.0 Å². The third-order valence-corrected chi connectivity index (χ3v) is 6.63. The monoisotopic (exact) mass is 355 g/mol. The summed E-state index contributed by atoms with van der Waals surface area (Å²) in [6, 6.07) is 5.93. The number of hydrogen-bond donors (Lipinski definition) is 0. The predicted molar refractivity (Wildman–Crippen MR) is 97.1 cm³/mol. The zero-order valence-corrected chi connectivity index (χ0v) is 15.1. The Morgan fingerprint density at radius 3 is 2.82 bits per heavy atom. The number of allylic oxidation sites excluding steroid dienone is 1. The number of thioether (sulfide) groups is 1. The molecule has 1 aromatic carbocycles. The van der Waals surface area contributed by atoms with Crippen molar-refractivity contribution >= 4 is 46.2 Å². The van der Waals surface area contributed by atoms with Crippen molar-refractivity contribution in [1.29, 1.82) is 0 Å². The van der Waals surface area contributed by atoms with Gasteiger partial charge in [-0.15, -0.1) is 11.8 Å². The topological polar surface area (TPSA) is 21.6 Å². The lowest BCUT2D eigenvalue weighted by molar-refractivity contribution is 0.213. The molecule has 0 N–H and O–H groups in total. The molecule has 1 unspecified atom stereocenters. The van der Waals surface area contributed by atoms with Crippen molar-refractivity contribution in [3.05, 3.63) is 39.4 Å². The number of nitrogens with zero attached hydrogens (tertiary/aromatic N) is 1. The van der Waals surface area contributed by atoms with Gasteiger partial charge in [0.2, 0.25) is 0 Å². The lowest BCUT2D eigenvalue weighted by atomic mass is 9.91. The van der Waals surface area contributed by atoms with Crippen LogP contribution < -0.4 is 0 Å². The van der Waals surface area contributed by atoms with Crippen molar-refractivity contribution in [3.8, 4) is 0 Å². The van der Waals surface area contributed by atoms with Crippen molar-refractivity contribution in [2.24, 2.45) is 5.16 Å². The van der Waals surface area contributed by atoms with Gasteiger partial charge in [-0.05, 0) is 54.5 Å². The van der Waals surface area contributed by atoms with Crippen LogP contribution in [0.15, 0.2) is 28.9 Å². The van der Waals surface area contributed by atoms with Gasteiger partial charge in [-0.1, -0.05) is 41.3 Å². The van der Waals surface area contributed by atoms with Crippen molar-refractivity contribution < 1.29 is 4.84 Å². The molecule has 22 heavy (non-hydrogen) atoms. The van der Waals surface area contributed by atoms with E-state index in [1.54, 1.807) is 7.11 Å². The summed E-state index contributed by atoms with van der Waals surface area (Å²) in [7, 11) is 1.61. The van der Waals surface area contributed by atoms with Crippen LogP contribution in [0.3, 0.4) is 0 Å². The average molecular weight is 356 g/mol. The zero-order valence-electron chi connectivity index (χ0n) is 12.7. The lowest BCUT2D eigenvalue weighted by Gasteiger charge is -2.27. The fourth-order valence-corrected chi connectivity index (χ4v) is 5.32. The summed E-state index contributed by atoms with van der Waals surface area (Å²) < 4.78 is 0. The zero-order chi connectivity index (χ0) is 15.7. The molecule has 118 valence electrons. The van der Waals surface area contributed by atoms with Gasteiger partial charge >= 0.3 is 0 Å². The molecule has 2 aliphatic heterocycles. The first kappa shape index (κ1) is 16.2. The average Bonchev–Trinajstić information content (AvgIpc) is 2.90. The van der Waals surface area contributed by atoms with Crippen molar-refractivity contribution in [1.82, 2.24) is 0 Å². The van der Waals surface area contributed by atoms with Gasteiger partial charge in [-0.3, -0.25) is 0 Å². The number of oxime groups is 1. The summed E-state index contributed by atoms with van der Waals surface area (Å²) in [4.78, 5) is 5.08. The van der Waals surface area contributed by atoms with Crippen molar-refractivity contribution in [3.63, 3.8) is 0 Å². The standard InChI is InChI=1S/C17H19Cl2NOS/c1-3-15(20-21-2)17-12(9-11-5-7-16(17)22-11)10-4-6-13(18)14(19)8-10/h4,6,8,11,16H,3,5,7,9H2,1-2H3/t11?,16-/m1/s1. The quantitative estimate of drug-likeness (QED) is 0.500. The molecule has 2 nitrogen and oxygen atoms in total. The SMILES string of the molecule is CCC(=NOC)C1=C(c2ccc(Cl)c(Cl)c2)CC2CC[C@H]1S2. The van der Waals surface area contributed by atoms with Crippen molar-refractivity contribution in [2.45, 2.75) is 43.1 Å². The first-order valence-electron chi connectivity index (χ1n) is 7.58. The third-order valence-electron chi connectivity index (χ3n) is 4.30. The van der Waals surface area contributed by atoms with E-state index in [2.05, 4.69) is 29.9 Å². The molecular weight excluding hydrogens is 337 g/mol. The Hall–Kier alpha value is -0.640. The molecule has 1 fully saturated rings. The molecule has 0 spiro atoms. The summed E-state index contributed by atoms with van der Waals surface area (Å²) in [5, 5.41) is 6.73. The van der Waals surface area contributed by atoms with Crippen LogP contribution in [0, 0.1) is 0 Å². The van der Waals surface area contributed by atoms with Crippen LogP contribution in [-0.4, -0.2) is 23.3 Å². The number of hydrogen-bond acceptors (Lipinski definition) is 3. The minimum Gasteiger partial charge on any atom is -0.399 e. The number of fused-ring (bicyclic) bond motifs is 2. The van der Waals surface area contributed by atoms with Crippen molar-refractivity contribution in [2.75, 3.05) is 7.11 Å². The van der Waals surface area contributed by atoms with Crippen LogP contribution in [0.5, 0.6) is 0 Å². The van der Waals surface area contributed by atoms with E-state index in [0.29, 0.717) is 20.5 Å². The van der Waals surface area contributed by atoms with E-state index < -0.39 is 0 Å². The maximum atomic E-state index is 6.23. The molecule has 2 atom stereocenters. The van der Waals surface area contributed by atoms with Crippen LogP contribution in [0.2, 0.25) is 10.0 Å². The summed E-state index contributed by atoms with van der Waals surface area (Å²) in [5.41, 5.74) is 4.93. The maximum Gasteiger partial charge on any atom is 0.106 e. The molecule has 2 aliphatic rings. The van der Waals surface area contributed by atoms with Gasteiger partial charge in [0, 0.05) is 10.5 Å². The van der Waals surface area contributed by atoms with Gasteiger partial charge < -0.3 is 4.84 Å². The first-order chi connectivity index (χ1) is 10.6. The second-order valence-electron chi connectivity index (χ2n) is 5.62. The minimum absolute atomic E-state index is 0.525. The molecule has 1 saturated heterocycles. The molecule has 0 radical (unpaired) electrons. The summed E-state index contributed by atoms with van der Waals surface area (Å²) in [6.45, 7) is 2.13. The van der Waals surface area contributed by atoms with E-state index in [1.165, 1.54) is 29.6 Å². The number of halogens is 2. The lowest BCUT2D eigenvalue weighted by Crippen LogP contribution is -2.19. The summed E-state index contributed by atoms with van der Waals surface area (Å²) >= 11 is 14.4. The van der Waals surface area contributed by atoms with Gasteiger partial charge in [-0.2, -0.15) is 0 Å². The normalized spacial score (nSPS) is 24.8. The van der Waals surface area contributed by atoms with Gasteiger partial charge in [0.25, 0.3) is 0 Å². The predicted octanol–water partition coefficient (Wildman–Crippen LogP) is 5.83. The van der Waals surface area contributed by atoms with E-state index in [-0.39, 0.29) is 0 Å². The molecule has 3 rings (SSSR count). The van der Waals surface area contributed by atoms with E-state index in [9.17, 15) is 0 Å². The third kappa shape index (κ3) is 3.04. The Labute approximate surface area is 145 Å². The second kappa shape index (κ2) is 6.86. The molecule has 0 amide bonds. The Balaban J connectivity index is 2.13. The fourth-order valence-electron chi connectivity index (χ4n) is 3.33. The molecule has 2 bridgehead atoms. The largest absolute Gasteiger partial charge is 0.399 e. The Morgan fingerprint density at radius 2 is 2.14 bits per heavy atom. The highest BCUT2D eigenvalue weighted by Crippen LogP contribution is 2.50. The van der Waals surface area contributed by atoms with Crippen LogP contribution in [-0.2, 0) is 4.84 Å². The van der Waals surface area contributed by atoms with Crippen LogP contribution in [0.4, 0.5) is 0 Å². The van der Waals surface area contributed by atoms with Gasteiger partial charge in [0.05, 0.1) is 15.8 Å². The molecule has 0 aliphatic carbocycles. The molecule has 2 heterocycles. The van der Waals surface area contributed by atoms with E-state index in [1.807, 2.05) is 12.1 Å². The minimum atomic E-state index is 0.525. The molecule has 0 saturated carbocycles. The van der Waals surface area contributed by atoms with Crippen LogP contribution in [0.25, 0.3) is 5.57 Å². The highest BCUT2D eigenvalue weighted by molar-refractivity contribution is 8.01. The molecule has 1 aromatic rings. The summed E-state index contributed by atoms with van der Waals surface area (Å²) in [5.74, 6) is 0. The van der Waals surface area contributed by atoms with Gasteiger partial charge in [-0.25, -0.2) is 0 Å². The van der Waals surface area contributed by atoms with Crippen LogP contribution in [0.1, 0.15) is 38.2 Å². The van der Waals surface area contributed by atoms with E-state index >= 15 is 0 Å². The number of rotatable bonds is 4. The molecule has 5 heteroatoms. The van der Waals surface area contributed by atoms with E-state index in [0.717, 1.165) is 18.6 Å². The number of benzene rings is 1. The second-order valence-corrected chi connectivity index (χ2v) is 7.95. The first-order valence-corrected chi connectivity index (χ1v) is 9.28. The summed E-state index contributed by atoms with van der Waals surface area (Å²) in [6.07, 6.45) is 4.43. The van der Waals surface area contributed by atoms with Gasteiger partial charge in [0.15, 0.2) is 0 Å². The maximum absolute atomic E-state index is 6.23. The fraction of sp³-hybridized carbons (Fsp3) is 0.471. The smallest absolute Gasteiger partial charge is 0.106 e. The highest BCUT2D eigenvalue weighted by Gasteiger charge is 2.37. The van der Waals surface area contributed by atoms with E-state index in [4.69, 9.17) is 28.0 Å². The Kier molecular flexibility index (Phi) is 5.06. The Bertz CT molecular complexity index is 642. The molecule has 0 aromatic heterocycles.